The van der Waals surface area contributed by atoms with Gasteiger partial charge in [-0.15, -0.1) is 0 Å². The van der Waals surface area contributed by atoms with Gasteiger partial charge >= 0.3 is 0 Å². The second-order valence-electron chi connectivity index (χ2n) is 18.5. The van der Waals surface area contributed by atoms with Crippen molar-refractivity contribution in [2.24, 2.45) is 0 Å². The van der Waals surface area contributed by atoms with Crippen molar-refractivity contribution in [3.05, 3.63) is 141 Å². The molecule has 0 aliphatic carbocycles. The van der Waals surface area contributed by atoms with Crippen LogP contribution in [0.1, 0.15) is 174 Å². The molecule has 2 aromatic carbocycles. The molecule has 0 bridgehead atoms. The maximum absolute atomic E-state index is 5.01. The van der Waals surface area contributed by atoms with Crippen molar-refractivity contribution in [1.29, 1.82) is 0 Å². The number of nitrogens with one attached hydrogen (secondary N) is 2. The van der Waals surface area contributed by atoms with Crippen LogP contribution in [0.25, 0.3) is 22.5 Å². The highest BCUT2D eigenvalue weighted by atomic mass is 15.1. The number of benzene rings is 2. The van der Waals surface area contributed by atoms with Gasteiger partial charge in [-0.1, -0.05) is 119 Å². The minimum Gasteiger partial charge on any atom is -0.325 e. The SMILES string of the molecule is Cc1cc(C)nc(Nc2cccc(-c3c(C(C)C)cc(C(C)C)cc3C(C)C)n2)c1.Cc1cc(C)nc(Nc2cccc(-c3c(C(C)C)cc(C(C)C)cc3C(C)C)n2)c1. The van der Waals surface area contributed by atoms with Crippen molar-refractivity contribution < 1.29 is 0 Å². The Morgan fingerprint density at radius 1 is 0.350 bits per heavy atom. The van der Waals surface area contributed by atoms with E-state index in [4.69, 9.17) is 9.97 Å². The lowest BCUT2D eigenvalue weighted by Crippen LogP contribution is -2.05. The van der Waals surface area contributed by atoms with Crippen molar-refractivity contribution >= 4 is 23.3 Å². The maximum Gasteiger partial charge on any atom is 0.132 e. The third kappa shape index (κ3) is 11.5. The number of pyridine rings is 4. The van der Waals surface area contributed by atoms with Crippen LogP contribution in [0.3, 0.4) is 0 Å². The topological polar surface area (TPSA) is 75.6 Å². The molecule has 4 aromatic heterocycles. The van der Waals surface area contributed by atoms with Gasteiger partial charge in [0.2, 0.25) is 0 Å². The first kappa shape index (κ1) is 45.7. The van der Waals surface area contributed by atoms with E-state index in [2.05, 4.69) is 190 Å². The zero-order valence-corrected chi connectivity index (χ0v) is 39.3. The summed E-state index contributed by atoms with van der Waals surface area (Å²) in [5.41, 5.74) is 17.3. The number of hydrogen-bond donors (Lipinski definition) is 2. The van der Waals surface area contributed by atoms with Gasteiger partial charge in [-0.05, 0) is 156 Å². The molecule has 0 unspecified atom stereocenters. The summed E-state index contributed by atoms with van der Waals surface area (Å²) in [6, 6.07) is 30.2. The summed E-state index contributed by atoms with van der Waals surface area (Å²) in [6.45, 7) is 35.5. The van der Waals surface area contributed by atoms with E-state index in [-0.39, 0.29) is 0 Å². The zero-order chi connectivity index (χ0) is 44.0. The fourth-order valence-corrected chi connectivity index (χ4v) is 7.86. The third-order valence-electron chi connectivity index (χ3n) is 11.0. The van der Waals surface area contributed by atoms with Gasteiger partial charge in [0, 0.05) is 22.5 Å². The number of hydrogen-bond acceptors (Lipinski definition) is 6. The number of aryl methyl sites for hydroxylation is 4. The number of anilines is 4. The van der Waals surface area contributed by atoms with Gasteiger partial charge in [-0.3, -0.25) is 0 Å². The van der Waals surface area contributed by atoms with Crippen LogP contribution in [0.15, 0.2) is 84.9 Å². The Morgan fingerprint density at radius 3 is 0.933 bits per heavy atom. The van der Waals surface area contributed by atoms with Crippen LogP contribution >= 0.6 is 0 Å². The average Bonchev–Trinajstić information content (AvgIpc) is 3.16. The molecule has 0 amide bonds. The van der Waals surface area contributed by atoms with Gasteiger partial charge in [0.15, 0.2) is 0 Å². The lowest BCUT2D eigenvalue weighted by Gasteiger charge is -2.23. The second kappa shape index (κ2) is 19.8. The average molecular weight is 803 g/mol. The Balaban J connectivity index is 0.000000228. The van der Waals surface area contributed by atoms with E-state index in [9.17, 15) is 0 Å². The van der Waals surface area contributed by atoms with Crippen molar-refractivity contribution in [3.8, 4) is 22.5 Å². The van der Waals surface area contributed by atoms with Gasteiger partial charge < -0.3 is 10.6 Å². The van der Waals surface area contributed by atoms with Crippen LogP contribution in [0.2, 0.25) is 0 Å². The Labute approximate surface area is 362 Å². The van der Waals surface area contributed by atoms with Crippen molar-refractivity contribution in [3.63, 3.8) is 0 Å². The Morgan fingerprint density at radius 2 is 0.667 bits per heavy atom. The van der Waals surface area contributed by atoms with Crippen molar-refractivity contribution in [2.75, 3.05) is 10.6 Å². The molecule has 0 aliphatic rings. The molecule has 0 aliphatic heterocycles. The van der Waals surface area contributed by atoms with Crippen LogP contribution in [0.4, 0.5) is 23.3 Å². The molecule has 0 fully saturated rings. The third-order valence-corrected chi connectivity index (χ3v) is 11.0. The van der Waals surface area contributed by atoms with Crippen molar-refractivity contribution in [1.82, 2.24) is 19.9 Å². The second-order valence-corrected chi connectivity index (χ2v) is 18.5. The van der Waals surface area contributed by atoms with Crippen molar-refractivity contribution in [2.45, 2.75) is 146 Å². The molecule has 6 aromatic rings. The molecule has 0 atom stereocenters. The van der Waals surface area contributed by atoms with Gasteiger partial charge in [0.25, 0.3) is 0 Å². The highest BCUT2D eigenvalue weighted by Crippen LogP contribution is 2.40. The largest absolute Gasteiger partial charge is 0.325 e. The van der Waals surface area contributed by atoms with E-state index in [1.165, 1.54) is 55.6 Å². The van der Waals surface area contributed by atoms with E-state index in [0.29, 0.717) is 35.5 Å². The van der Waals surface area contributed by atoms with Gasteiger partial charge in [-0.2, -0.15) is 0 Å². The summed E-state index contributed by atoms with van der Waals surface area (Å²) in [5, 5.41) is 6.80. The Kier molecular flexibility index (Phi) is 15.1. The molecule has 6 heteroatoms. The van der Waals surface area contributed by atoms with Crippen LogP contribution in [-0.4, -0.2) is 19.9 Å². The first-order valence-electron chi connectivity index (χ1n) is 22.1. The summed E-state index contributed by atoms with van der Waals surface area (Å²) < 4.78 is 0. The first-order chi connectivity index (χ1) is 28.3. The number of nitrogens with zero attached hydrogens (tertiary/aromatic N) is 4. The maximum atomic E-state index is 5.01. The molecule has 0 radical (unpaired) electrons. The molecule has 60 heavy (non-hydrogen) atoms. The molecule has 6 rings (SSSR count). The first-order valence-corrected chi connectivity index (χ1v) is 22.1. The summed E-state index contributed by atoms with van der Waals surface area (Å²) in [6.07, 6.45) is 0. The van der Waals surface area contributed by atoms with E-state index >= 15 is 0 Å². The molecule has 316 valence electrons. The lowest BCUT2D eigenvalue weighted by molar-refractivity contribution is 0.806. The fraction of sp³-hybridized carbons (Fsp3) is 0.407. The minimum atomic E-state index is 0.427. The lowest BCUT2D eigenvalue weighted by atomic mass is 9.83. The summed E-state index contributed by atoms with van der Waals surface area (Å²) in [7, 11) is 0. The highest BCUT2D eigenvalue weighted by Gasteiger charge is 2.21. The van der Waals surface area contributed by atoms with Gasteiger partial charge in [0.05, 0.1) is 11.4 Å². The van der Waals surface area contributed by atoms with E-state index in [1.54, 1.807) is 0 Å². The van der Waals surface area contributed by atoms with Crippen LogP contribution in [0.5, 0.6) is 0 Å². The molecule has 0 spiro atoms. The predicted octanol–water partition coefficient (Wildman–Crippen LogP) is 15.7. The van der Waals surface area contributed by atoms with Gasteiger partial charge in [-0.25, -0.2) is 19.9 Å². The standard InChI is InChI=1S/2C27H35N3/c2*1-16(2)21-14-22(17(3)4)27(23(15-21)18(5)6)24-10-9-11-25(29-24)30-26-13-19(7)12-20(8)28-26/h2*9-18H,1-8H3,(H,28,29,30). The number of aromatic nitrogens is 4. The van der Waals surface area contributed by atoms with Gasteiger partial charge in [0.1, 0.15) is 23.3 Å². The summed E-state index contributed by atoms with van der Waals surface area (Å²) >= 11 is 0. The molecule has 0 saturated heterocycles. The fourth-order valence-electron chi connectivity index (χ4n) is 7.86. The minimum absolute atomic E-state index is 0.427. The molecule has 0 saturated carbocycles. The van der Waals surface area contributed by atoms with Crippen LogP contribution < -0.4 is 10.6 Å². The zero-order valence-electron chi connectivity index (χ0n) is 39.3. The van der Waals surface area contributed by atoms with Crippen LogP contribution in [-0.2, 0) is 0 Å². The summed E-state index contributed by atoms with van der Waals surface area (Å²) in [5.74, 6) is 6.03. The predicted molar refractivity (Wildman–Crippen MR) is 258 cm³/mol. The molecular weight excluding hydrogens is 733 g/mol. The normalized spacial score (nSPS) is 11.6. The highest BCUT2D eigenvalue weighted by molar-refractivity contribution is 5.73. The molecular formula is C54H70N6. The summed E-state index contributed by atoms with van der Waals surface area (Å²) in [4.78, 5) is 19.2. The smallest absolute Gasteiger partial charge is 0.132 e. The Hall–Kier alpha value is -5.36. The molecule has 4 heterocycles. The molecule has 6 nitrogen and oxygen atoms in total. The number of rotatable bonds is 12. The molecule has 2 N–H and O–H groups in total. The van der Waals surface area contributed by atoms with E-state index in [1.807, 2.05) is 26.0 Å². The van der Waals surface area contributed by atoms with Crippen LogP contribution in [0, 0.1) is 27.7 Å². The quantitative estimate of drug-likeness (QED) is 0.128. The van der Waals surface area contributed by atoms with E-state index < -0.39 is 0 Å². The monoisotopic (exact) mass is 803 g/mol. The van der Waals surface area contributed by atoms with E-state index in [0.717, 1.165) is 46.0 Å². The Bertz CT molecular complexity index is 2130.